The van der Waals surface area contributed by atoms with E-state index in [0.717, 1.165) is 28.2 Å². The summed E-state index contributed by atoms with van der Waals surface area (Å²) >= 11 is 3.51. The third kappa shape index (κ3) is 4.52. The van der Waals surface area contributed by atoms with Crippen molar-refractivity contribution in [1.82, 2.24) is 0 Å². The summed E-state index contributed by atoms with van der Waals surface area (Å²) in [5, 5.41) is 3.60. The second-order valence-corrected chi connectivity index (χ2v) is 5.76. The van der Waals surface area contributed by atoms with Crippen molar-refractivity contribution in [2.24, 2.45) is 5.92 Å². The molecule has 0 bridgehead atoms. The highest BCUT2D eigenvalue weighted by molar-refractivity contribution is 9.10. The molecule has 0 aliphatic rings. The van der Waals surface area contributed by atoms with Crippen molar-refractivity contribution in [3.8, 4) is 5.75 Å². The Kier molecular flexibility index (Phi) is 6.55. The smallest absolute Gasteiger partial charge is 0.142 e. The Hall–Kier alpha value is -0.700. The summed E-state index contributed by atoms with van der Waals surface area (Å²) in [6.45, 7) is 6.78. The Morgan fingerprint density at radius 3 is 2.56 bits per heavy atom. The van der Waals surface area contributed by atoms with Gasteiger partial charge in [0, 0.05) is 10.5 Å². The molecule has 1 aromatic rings. The Labute approximate surface area is 119 Å². The van der Waals surface area contributed by atoms with Gasteiger partial charge >= 0.3 is 0 Å². The largest absolute Gasteiger partial charge is 0.495 e. The van der Waals surface area contributed by atoms with Crippen LogP contribution in [-0.2, 0) is 0 Å². The first-order valence-electron chi connectivity index (χ1n) is 6.70. The molecule has 0 heterocycles. The van der Waals surface area contributed by atoms with Crippen molar-refractivity contribution in [1.29, 1.82) is 0 Å². The molecule has 0 aliphatic heterocycles. The summed E-state index contributed by atoms with van der Waals surface area (Å²) in [4.78, 5) is 0. The number of halogens is 1. The monoisotopic (exact) mass is 313 g/mol. The van der Waals surface area contributed by atoms with E-state index in [-0.39, 0.29) is 0 Å². The summed E-state index contributed by atoms with van der Waals surface area (Å²) in [6, 6.07) is 6.57. The van der Waals surface area contributed by atoms with Gasteiger partial charge in [0.2, 0.25) is 0 Å². The fourth-order valence-electron chi connectivity index (χ4n) is 1.99. The predicted octanol–water partition coefficient (Wildman–Crippen LogP) is 5.08. The number of hydrogen-bond donors (Lipinski definition) is 1. The Balaban J connectivity index is 2.77. The first kappa shape index (κ1) is 15.4. The molecule has 0 amide bonds. The number of anilines is 1. The molecular weight excluding hydrogens is 290 g/mol. The third-order valence-electron chi connectivity index (χ3n) is 3.40. The van der Waals surface area contributed by atoms with Crippen molar-refractivity contribution < 1.29 is 4.74 Å². The number of nitrogens with one attached hydrogen (secondary N) is 1. The maximum Gasteiger partial charge on any atom is 0.142 e. The van der Waals surface area contributed by atoms with Crippen molar-refractivity contribution in [3.05, 3.63) is 22.7 Å². The van der Waals surface area contributed by atoms with Crippen LogP contribution in [0.15, 0.2) is 22.7 Å². The van der Waals surface area contributed by atoms with Crippen LogP contribution in [0.3, 0.4) is 0 Å². The lowest BCUT2D eigenvalue weighted by Gasteiger charge is -2.22. The van der Waals surface area contributed by atoms with E-state index >= 15 is 0 Å². The Bertz CT molecular complexity index is 368. The molecule has 1 aromatic carbocycles. The summed E-state index contributed by atoms with van der Waals surface area (Å²) in [7, 11) is 1.71. The minimum absolute atomic E-state index is 0.503. The highest BCUT2D eigenvalue weighted by Crippen LogP contribution is 2.29. The van der Waals surface area contributed by atoms with Crippen LogP contribution in [-0.4, -0.2) is 13.2 Å². The number of methoxy groups -OCH3 is 1. The molecule has 1 rings (SSSR count). The van der Waals surface area contributed by atoms with Crippen LogP contribution in [0.5, 0.6) is 5.75 Å². The number of rotatable bonds is 7. The van der Waals surface area contributed by atoms with E-state index in [9.17, 15) is 0 Å². The molecule has 18 heavy (non-hydrogen) atoms. The van der Waals surface area contributed by atoms with Crippen LogP contribution in [0.4, 0.5) is 5.69 Å². The third-order valence-corrected chi connectivity index (χ3v) is 3.89. The van der Waals surface area contributed by atoms with Gasteiger partial charge in [0.1, 0.15) is 5.75 Å². The molecule has 0 aliphatic carbocycles. The van der Waals surface area contributed by atoms with Gasteiger partial charge in [-0.05, 0) is 37.0 Å². The van der Waals surface area contributed by atoms with Crippen molar-refractivity contribution >= 4 is 21.6 Å². The van der Waals surface area contributed by atoms with Gasteiger partial charge in [-0.2, -0.15) is 0 Å². The molecule has 2 unspecified atom stereocenters. The topological polar surface area (TPSA) is 21.3 Å². The molecule has 1 N–H and O–H groups in total. The minimum Gasteiger partial charge on any atom is -0.495 e. The van der Waals surface area contributed by atoms with E-state index in [1.54, 1.807) is 7.11 Å². The van der Waals surface area contributed by atoms with E-state index in [4.69, 9.17) is 4.74 Å². The second-order valence-electron chi connectivity index (χ2n) is 4.84. The molecule has 2 atom stereocenters. The lowest BCUT2D eigenvalue weighted by Crippen LogP contribution is -2.21. The normalized spacial score (nSPS) is 14.1. The van der Waals surface area contributed by atoms with Gasteiger partial charge in [-0.25, -0.2) is 0 Å². The van der Waals surface area contributed by atoms with Crippen LogP contribution in [0.2, 0.25) is 0 Å². The number of benzene rings is 1. The van der Waals surface area contributed by atoms with E-state index in [1.165, 1.54) is 12.8 Å². The molecule has 0 aromatic heterocycles. The van der Waals surface area contributed by atoms with Crippen LogP contribution >= 0.6 is 15.9 Å². The van der Waals surface area contributed by atoms with Crippen molar-refractivity contribution in [3.63, 3.8) is 0 Å². The van der Waals surface area contributed by atoms with Crippen LogP contribution < -0.4 is 10.1 Å². The SMILES string of the molecule is CCC(C)CC(CC)Nc1cc(Br)ccc1OC. The van der Waals surface area contributed by atoms with Crippen molar-refractivity contribution in [2.75, 3.05) is 12.4 Å². The minimum atomic E-state index is 0.503. The zero-order chi connectivity index (χ0) is 13.5. The molecule has 0 fully saturated rings. The van der Waals surface area contributed by atoms with E-state index in [0.29, 0.717) is 6.04 Å². The zero-order valence-electron chi connectivity index (χ0n) is 11.8. The fourth-order valence-corrected chi connectivity index (χ4v) is 2.35. The average molecular weight is 314 g/mol. The molecule has 102 valence electrons. The lowest BCUT2D eigenvalue weighted by atomic mass is 9.97. The molecule has 0 radical (unpaired) electrons. The maximum absolute atomic E-state index is 5.39. The second kappa shape index (κ2) is 7.67. The molecule has 0 spiro atoms. The number of ether oxygens (including phenoxy) is 1. The zero-order valence-corrected chi connectivity index (χ0v) is 13.4. The van der Waals surface area contributed by atoms with Gasteiger partial charge in [0.05, 0.1) is 12.8 Å². The highest BCUT2D eigenvalue weighted by Gasteiger charge is 2.12. The van der Waals surface area contributed by atoms with Crippen molar-refractivity contribution in [2.45, 2.75) is 46.1 Å². The highest BCUT2D eigenvalue weighted by atomic mass is 79.9. The van der Waals surface area contributed by atoms with Gasteiger partial charge in [0.15, 0.2) is 0 Å². The Morgan fingerprint density at radius 1 is 1.28 bits per heavy atom. The first-order chi connectivity index (χ1) is 8.60. The summed E-state index contributed by atoms with van der Waals surface area (Å²) < 4.78 is 6.47. The molecule has 0 saturated heterocycles. The van der Waals surface area contributed by atoms with E-state index < -0.39 is 0 Å². The van der Waals surface area contributed by atoms with Gasteiger partial charge in [0.25, 0.3) is 0 Å². The quantitative estimate of drug-likeness (QED) is 0.757. The summed E-state index contributed by atoms with van der Waals surface area (Å²) in [5.74, 6) is 1.65. The van der Waals surface area contributed by atoms with Crippen LogP contribution in [0, 0.1) is 5.92 Å². The lowest BCUT2D eigenvalue weighted by molar-refractivity contribution is 0.413. The summed E-state index contributed by atoms with van der Waals surface area (Å²) in [6.07, 6.45) is 3.55. The van der Waals surface area contributed by atoms with Gasteiger partial charge in [-0.3, -0.25) is 0 Å². The molecule has 2 nitrogen and oxygen atoms in total. The van der Waals surface area contributed by atoms with Gasteiger partial charge in [-0.15, -0.1) is 0 Å². The van der Waals surface area contributed by atoms with E-state index in [2.05, 4.69) is 48.1 Å². The molecular formula is C15H24BrNO. The van der Waals surface area contributed by atoms with E-state index in [1.807, 2.05) is 12.1 Å². The maximum atomic E-state index is 5.39. The van der Waals surface area contributed by atoms with Gasteiger partial charge < -0.3 is 10.1 Å². The Morgan fingerprint density at radius 2 is 2.00 bits per heavy atom. The summed E-state index contributed by atoms with van der Waals surface area (Å²) in [5.41, 5.74) is 1.07. The molecule has 3 heteroatoms. The molecule has 0 saturated carbocycles. The van der Waals surface area contributed by atoms with Crippen LogP contribution in [0.25, 0.3) is 0 Å². The first-order valence-corrected chi connectivity index (χ1v) is 7.50. The average Bonchev–Trinajstić information content (AvgIpc) is 2.38. The fraction of sp³-hybridized carbons (Fsp3) is 0.600. The standard InChI is InChI=1S/C15H24BrNO/c1-5-11(3)9-13(6-2)17-14-10-12(16)7-8-15(14)18-4/h7-8,10-11,13,17H,5-6,9H2,1-4H3. The number of hydrogen-bond acceptors (Lipinski definition) is 2. The van der Waals surface area contributed by atoms with Crippen LogP contribution in [0.1, 0.15) is 40.0 Å². The van der Waals surface area contributed by atoms with Gasteiger partial charge in [-0.1, -0.05) is 43.1 Å². The predicted molar refractivity (Wildman–Crippen MR) is 82.5 cm³/mol.